The first-order chi connectivity index (χ1) is 12.1. The molecule has 0 amide bonds. The first kappa shape index (κ1) is 19.9. The molecule has 2 aromatic rings. The number of aliphatic hydroxyl groups is 1. The highest BCUT2D eigenvalue weighted by Gasteiger charge is 2.36. The minimum absolute atomic E-state index is 0.0223. The van der Waals surface area contributed by atoms with Gasteiger partial charge in [0.15, 0.2) is 0 Å². The second-order valence-electron chi connectivity index (χ2n) is 5.17. The van der Waals surface area contributed by atoms with Gasteiger partial charge in [0.05, 0.1) is 12.2 Å². The third-order valence-corrected chi connectivity index (χ3v) is 3.27. The Morgan fingerprint density at radius 3 is 2.19 bits per heavy atom. The van der Waals surface area contributed by atoms with Gasteiger partial charge in [-0.3, -0.25) is 0 Å². The monoisotopic (exact) mass is 380 g/mol. The summed E-state index contributed by atoms with van der Waals surface area (Å²) in [5.74, 6) is -0.832. The molecular weight excluding hydrogens is 366 g/mol. The van der Waals surface area contributed by atoms with Crippen molar-refractivity contribution in [1.82, 2.24) is 0 Å². The lowest BCUT2D eigenvalue weighted by Crippen LogP contribution is -2.18. The molecule has 1 N–H and O–H groups in total. The van der Waals surface area contributed by atoms with Crippen molar-refractivity contribution in [3.05, 3.63) is 48.0 Å². The molecule has 2 aromatic carbocycles. The Hall–Kier alpha value is -2.42. The minimum Gasteiger partial charge on any atom is -0.493 e. The SMILES string of the molecule is OCCCOc1ccc(-c2ccccc2C(F)(F)F)c(OC(F)(F)F)c1. The summed E-state index contributed by atoms with van der Waals surface area (Å²) in [6.07, 6.45) is -9.60. The molecule has 0 radical (unpaired) electrons. The van der Waals surface area contributed by atoms with E-state index in [-0.39, 0.29) is 30.9 Å². The van der Waals surface area contributed by atoms with E-state index < -0.39 is 29.4 Å². The van der Waals surface area contributed by atoms with Crippen molar-refractivity contribution >= 4 is 0 Å². The van der Waals surface area contributed by atoms with Gasteiger partial charge in [-0.1, -0.05) is 18.2 Å². The molecule has 9 heteroatoms. The average molecular weight is 380 g/mol. The van der Waals surface area contributed by atoms with Gasteiger partial charge in [-0.05, 0) is 23.8 Å². The molecule has 0 fully saturated rings. The van der Waals surface area contributed by atoms with Crippen LogP contribution in [0.25, 0.3) is 11.1 Å². The summed E-state index contributed by atoms with van der Waals surface area (Å²) in [5, 5.41) is 8.69. The Morgan fingerprint density at radius 2 is 1.58 bits per heavy atom. The number of hydrogen-bond donors (Lipinski definition) is 1. The van der Waals surface area contributed by atoms with E-state index in [0.29, 0.717) is 0 Å². The van der Waals surface area contributed by atoms with Crippen LogP contribution in [0.4, 0.5) is 26.3 Å². The summed E-state index contributed by atoms with van der Waals surface area (Å²) in [4.78, 5) is 0. The maximum Gasteiger partial charge on any atom is 0.573 e. The van der Waals surface area contributed by atoms with E-state index in [1.165, 1.54) is 12.1 Å². The van der Waals surface area contributed by atoms with Gasteiger partial charge in [0.25, 0.3) is 0 Å². The van der Waals surface area contributed by atoms with Crippen LogP contribution in [0.1, 0.15) is 12.0 Å². The van der Waals surface area contributed by atoms with Gasteiger partial charge in [-0.2, -0.15) is 13.2 Å². The molecule has 0 aliphatic heterocycles. The number of alkyl halides is 6. The third-order valence-electron chi connectivity index (χ3n) is 3.27. The van der Waals surface area contributed by atoms with Crippen molar-refractivity contribution in [2.24, 2.45) is 0 Å². The summed E-state index contributed by atoms with van der Waals surface area (Å²) in [6.45, 7) is -0.149. The average Bonchev–Trinajstić information content (AvgIpc) is 2.53. The number of rotatable bonds is 6. The van der Waals surface area contributed by atoms with Crippen LogP contribution < -0.4 is 9.47 Å². The molecule has 0 atom stereocenters. The van der Waals surface area contributed by atoms with E-state index in [1.54, 1.807) is 0 Å². The highest BCUT2D eigenvalue weighted by Crippen LogP contribution is 2.42. The molecule has 26 heavy (non-hydrogen) atoms. The van der Waals surface area contributed by atoms with Crippen LogP contribution in [-0.2, 0) is 6.18 Å². The Bertz CT molecular complexity index is 740. The topological polar surface area (TPSA) is 38.7 Å². The first-order valence-corrected chi connectivity index (χ1v) is 7.42. The van der Waals surface area contributed by atoms with E-state index in [1.807, 2.05) is 0 Å². The fourth-order valence-electron chi connectivity index (χ4n) is 2.24. The van der Waals surface area contributed by atoms with Gasteiger partial charge < -0.3 is 14.6 Å². The van der Waals surface area contributed by atoms with Gasteiger partial charge in [0.1, 0.15) is 11.5 Å². The number of benzene rings is 2. The van der Waals surface area contributed by atoms with Crippen LogP contribution in [0.2, 0.25) is 0 Å². The van der Waals surface area contributed by atoms with Gasteiger partial charge in [-0.15, -0.1) is 13.2 Å². The normalized spacial score (nSPS) is 12.1. The molecule has 0 saturated heterocycles. The number of halogens is 6. The summed E-state index contributed by atoms with van der Waals surface area (Å²) in [6, 6.07) is 7.44. The maximum absolute atomic E-state index is 13.2. The van der Waals surface area contributed by atoms with E-state index in [9.17, 15) is 26.3 Å². The smallest absolute Gasteiger partial charge is 0.493 e. The van der Waals surface area contributed by atoms with Crippen molar-refractivity contribution < 1.29 is 40.9 Å². The number of hydrogen-bond acceptors (Lipinski definition) is 3. The fourth-order valence-corrected chi connectivity index (χ4v) is 2.24. The summed E-state index contributed by atoms with van der Waals surface area (Å²) in [7, 11) is 0. The van der Waals surface area contributed by atoms with Gasteiger partial charge in [0.2, 0.25) is 0 Å². The van der Waals surface area contributed by atoms with Crippen molar-refractivity contribution in [3.8, 4) is 22.6 Å². The molecule has 0 unspecified atom stereocenters. The predicted octanol–water partition coefficient (Wildman–Crippen LogP) is 5.03. The highest BCUT2D eigenvalue weighted by atomic mass is 19.4. The van der Waals surface area contributed by atoms with Crippen LogP contribution in [-0.4, -0.2) is 24.7 Å². The fraction of sp³-hybridized carbons (Fsp3) is 0.294. The van der Waals surface area contributed by atoms with Crippen LogP contribution in [0.5, 0.6) is 11.5 Å². The van der Waals surface area contributed by atoms with Crippen LogP contribution in [0, 0.1) is 0 Å². The Labute approximate surface area is 144 Å². The van der Waals surface area contributed by atoms with Gasteiger partial charge >= 0.3 is 12.5 Å². The van der Waals surface area contributed by atoms with E-state index in [2.05, 4.69) is 4.74 Å². The van der Waals surface area contributed by atoms with Crippen LogP contribution >= 0.6 is 0 Å². The zero-order chi connectivity index (χ0) is 19.4. The van der Waals surface area contributed by atoms with Crippen LogP contribution in [0.15, 0.2) is 42.5 Å². The lowest BCUT2D eigenvalue weighted by atomic mass is 9.98. The van der Waals surface area contributed by atoms with Gasteiger partial charge in [0, 0.05) is 24.7 Å². The Balaban J connectivity index is 2.51. The maximum atomic E-state index is 13.2. The van der Waals surface area contributed by atoms with Crippen molar-refractivity contribution in [1.29, 1.82) is 0 Å². The number of aliphatic hydroxyl groups excluding tert-OH is 1. The lowest BCUT2D eigenvalue weighted by molar-refractivity contribution is -0.274. The van der Waals surface area contributed by atoms with E-state index in [0.717, 1.165) is 30.3 Å². The highest BCUT2D eigenvalue weighted by molar-refractivity contribution is 5.75. The summed E-state index contributed by atoms with van der Waals surface area (Å²) >= 11 is 0. The van der Waals surface area contributed by atoms with Crippen molar-refractivity contribution in [2.75, 3.05) is 13.2 Å². The first-order valence-electron chi connectivity index (χ1n) is 7.42. The van der Waals surface area contributed by atoms with E-state index in [4.69, 9.17) is 9.84 Å². The Kier molecular flexibility index (Phi) is 6.01. The molecule has 0 aliphatic carbocycles. The lowest BCUT2D eigenvalue weighted by Gasteiger charge is -2.18. The van der Waals surface area contributed by atoms with Crippen LogP contribution in [0.3, 0.4) is 0 Å². The molecule has 0 spiro atoms. The molecule has 0 aromatic heterocycles. The third kappa shape index (κ3) is 5.29. The molecular formula is C17H14F6O3. The Morgan fingerprint density at radius 1 is 0.885 bits per heavy atom. The molecule has 0 heterocycles. The minimum atomic E-state index is -5.09. The standard InChI is InChI=1S/C17H14F6O3/c18-16(19,20)14-5-2-1-4-12(14)13-7-6-11(25-9-3-8-24)10-15(13)26-17(21,22)23/h1-2,4-7,10,24H,3,8-9H2. The van der Waals surface area contributed by atoms with Crippen molar-refractivity contribution in [3.63, 3.8) is 0 Å². The van der Waals surface area contributed by atoms with E-state index >= 15 is 0 Å². The summed E-state index contributed by atoms with van der Waals surface area (Å²) < 4.78 is 86.7. The van der Waals surface area contributed by atoms with Gasteiger partial charge in [-0.25, -0.2) is 0 Å². The second kappa shape index (κ2) is 7.86. The molecule has 0 saturated carbocycles. The second-order valence-corrected chi connectivity index (χ2v) is 5.17. The predicted molar refractivity (Wildman–Crippen MR) is 80.8 cm³/mol. The number of ether oxygens (including phenoxy) is 2. The molecule has 0 bridgehead atoms. The molecule has 2 rings (SSSR count). The molecule has 142 valence electrons. The zero-order valence-electron chi connectivity index (χ0n) is 13.2. The zero-order valence-corrected chi connectivity index (χ0v) is 13.2. The largest absolute Gasteiger partial charge is 0.573 e. The summed E-state index contributed by atoms with van der Waals surface area (Å²) in [5.41, 5.74) is -1.90. The molecule has 3 nitrogen and oxygen atoms in total. The molecule has 0 aliphatic rings. The quantitative estimate of drug-likeness (QED) is 0.564. The van der Waals surface area contributed by atoms with Crippen molar-refractivity contribution in [2.45, 2.75) is 19.0 Å².